The van der Waals surface area contributed by atoms with E-state index in [0.717, 1.165) is 50.4 Å². The summed E-state index contributed by atoms with van der Waals surface area (Å²) in [6.07, 6.45) is 12.4. The van der Waals surface area contributed by atoms with E-state index < -0.39 is 0 Å². The molecule has 0 spiro atoms. The zero-order chi connectivity index (χ0) is 15.9. The summed E-state index contributed by atoms with van der Waals surface area (Å²) in [5.74, 6) is 3.79. The minimum atomic E-state index is 0.328. The van der Waals surface area contributed by atoms with E-state index in [0.29, 0.717) is 17.2 Å². The van der Waals surface area contributed by atoms with Crippen LogP contribution in [0.2, 0.25) is 0 Å². The van der Waals surface area contributed by atoms with Crippen molar-refractivity contribution in [3.8, 4) is 0 Å². The summed E-state index contributed by atoms with van der Waals surface area (Å²) in [4.78, 5) is 15.0. The first-order valence-corrected chi connectivity index (χ1v) is 9.74. The molecule has 0 aromatic carbocycles. The molecule has 1 saturated heterocycles. The van der Waals surface area contributed by atoms with Crippen molar-refractivity contribution in [3.63, 3.8) is 0 Å². The quantitative estimate of drug-likeness (QED) is 0.763. The molecule has 23 heavy (non-hydrogen) atoms. The van der Waals surface area contributed by atoms with E-state index in [-0.39, 0.29) is 0 Å². The van der Waals surface area contributed by atoms with E-state index in [1.54, 1.807) is 0 Å². The van der Waals surface area contributed by atoms with Gasteiger partial charge in [-0.1, -0.05) is 6.08 Å². The lowest BCUT2D eigenvalue weighted by atomic mass is 9.49. The van der Waals surface area contributed by atoms with E-state index in [9.17, 15) is 4.79 Å². The van der Waals surface area contributed by atoms with Crippen LogP contribution in [0.4, 0.5) is 0 Å². The molecule has 1 atom stereocenters. The maximum Gasteiger partial charge on any atom is 0.220 e. The smallest absolute Gasteiger partial charge is 0.220 e. The van der Waals surface area contributed by atoms with Crippen LogP contribution in [0.5, 0.6) is 0 Å². The Balaban J connectivity index is 1.25. The molecule has 5 fully saturated rings. The molecular formula is C20H32N2O. The fourth-order valence-electron chi connectivity index (χ4n) is 6.60. The van der Waals surface area contributed by atoms with Crippen LogP contribution in [0.1, 0.15) is 51.4 Å². The predicted molar refractivity (Wildman–Crippen MR) is 93.0 cm³/mol. The third kappa shape index (κ3) is 3.35. The average Bonchev–Trinajstić information content (AvgIpc) is 2.91. The van der Waals surface area contributed by atoms with Crippen molar-refractivity contribution >= 4 is 5.91 Å². The number of rotatable bonds is 6. The van der Waals surface area contributed by atoms with Crippen LogP contribution in [0.3, 0.4) is 0 Å². The number of hydrogen-bond donors (Lipinski definition) is 1. The van der Waals surface area contributed by atoms with Crippen LogP contribution in [-0.4, -0.2) is 37.0 Å². The molecule has 4 bridgehead atoms. The second-order valence-electron chi connectivity index (χ2n) is 9.10. The lowest BCUT2D eigenvalue weighted by Crippen LogP contribution is -2.48. The van der Waals surface area contributed by atoms with Gasteiger partial charge in [0.05, 0.1) is 0 Å². The Morgan fingerprint density at radius 2 is 1.83 bits per heavy atom. The van der Waals surface area contributed by atoms with E-state index >= 15 is 0 Å². The van der Waals surface area contributed by atoms with Crippen LogP contribution >= 0.6 is 0 Å². The Hall–Kier alpha value is -0.830. The number of carbonyl (C=O) groups excluding carboxylic acids is 1. The predicted octanol–water partition coefficient (Wildman–Crippen LogP) is 3.22. The van der Waals surface area contributed by atoms with Gasteiger partial charge < -0.3 is 5.32 Å². The maximum atomic E-state index is 12.6. The normalized spacial score (nSPS) is 42.1. The second-order valence-corrected chi connectivity index (χ2v) is 9.10. The van der Waals surface area contributed by atoms with Crippen molar-refractivity contribution in [1.82, 2.24) is 10.2 Å². The van der Waals surface area contributed by atoms with Crippen molar-refractivity contribution in [3.05, 3.63) is 12.7 Å². The highest BCUT2D eigenvalue weighted by Gasteiger charge is 2.51. The van der Waals surface area contributed by atoms with Gasteiger partial charge in [-0.25, -0.2) is 0 Å². The van der Waals surface area contributed by atoms with E-state index in [1.165, 1.54) is 44.9 Å². The SMILES string of the molecule is C=CCN1CC[C@@H](CNC(=O)CC23CC4CC(CC(C4)C2)C3)C1. The van der Waals surface area contributed by atoms with Crippen LogP contribution < -0.4 is 5.32 Å². The van der Waals surface area contributed by atoms with Gasteiger partial charge in [0, 0.05) is 26.1 Å². The van der Waals surface area contributed by atoms with E-state index in [4.69, 9.17) is 0 Å². The molecule has 5 aliphatic rings. The van der Waals surface area contributed by atoms with Crippen LogP contribution in [0.15, 0.2) is 12.7 Å². The van der Waals surface area contributed by atoms with Crippen LogP contribution in [0.25, 0.3) is 0 Å². The highest BCUT2D eigenvalue weighted by atomic mass is 16.1. The molecule has 128 valence electrons. The Labute approximate surface area is 140 Å². The average molecular weight is 316 g/mol. The highest BCUT2D eigenvalue weighted by Crippen LogP contribution is 2.61. The summed E-state index contributed by atoms with van der Waals surface area (Å²) >= 11 is 0. The third-order valence-corrected chi connectivity index (χ3v) is 7.05. The van der Waals surface area contributed by atoms with E-state index in [1.807, 2.05) is 6.08 Å². The molecule has 0 unspecified atom stereocenters. The molecule has 0 aromatic heterocycles. The molecular weight excluding hydrogens is 284 g/mol. The molecule has 4 saturated carbocycles. The molecule has 3 nitrogen and oxygen atoms in total. The summed E-state index contributed by atoms with van der Waals surface area (Å²) in [7, 11) is 0. The van der Waals surface area contributed by atoms with Crippen LogP contribution in [0, 0.1) is 29.1 Å². The molecule has 0 aromatic rings. The van der Waals surface area contributed by atoms with Gasteiger partial charge >= 0.3 is 0 Å². The minimum absolute atomic E-state index is 0.328. The van der Waals surface area contributed by atoms with Gasteiger partial charge in [0.15, 0.2) is 0 Å². The number of hydrogen-bond acceptors (Lipinski definition) is 2. The number of nitrogens with zero attached hydrogens (tertiary/aromatic N) is 1. The molecule has 4 aliphatic carbocycles. The fraction of sp³-hybridized carbons (Fsp3) is 0.850. The Kier molecular flexibility index (Phi) is 4.25. The number of amides is 1. The van der Waals surface area contributed by atoms with Gasteiger partial charge in [-0.05, 0) is 80.6 Å². The topological polar surface area (TPSA) is 32.3 Å². The van der Waals surface area contributed by atoms with Crippen molar-refractivity contribution in [2.45, 2.75) is 51.4 Å². The lowest BCUT2D eigenvalue weighted by Gasteiger charge is -2.56. The van der Waals surface area contributed by atoms with Gasteiger partial charge in [0.2, 0.25) is 5.91 Å². The van der Waals surface area contributed by atoms with Crippen molar-refractivity contribution < 1.29 is 4.79 Å². The first-order chi connectivity index (χ1) is 11.1. The van der Waals surface area contributed by atoms with Gasteiger partial charge in [0.1, 0.15) is 0 Å². The van der Waals surface area contributed by atoms with Gasteiger partial charge in [-0.3, -0.25) is 9.69 Å². The monoisotopic (exact) mass is 316 g/mol. The Morgan fingerprint density at radius 3 is 2.43 bits per heavy atom. The molecule has 3 heteroatoms. The number of likely N-dealkylation sites (tertiary alicyclic amines) is 1. The first-order valence-electron chi connectivity index (χ1n) is 9.74. The number of carbonyl (C=O) groups is 1. The van der Waals surface area contributed by atoms with E-state index in [2.05, 4.69) is 16.8 Å². The zero-order valence-corrected chi connectivity index (χ0v) is 14.4. The van der Waals surface area contributed by atoms with Crippen LogP contribution in [-0.2, 0) is 4.79 Å². The lowest BCUT2D eigenvalue weighted by molar-refractivity contribution is -0.129. The molecule has 1 heterocycles. The Morgan fingerprint density at radius 1 is 1.17 bits per heavy atom. The zero-order valence-electron chi connectivity index (χ0n) is 14.4. The standard InChI is InChI=1S/C20H32N2O/c1-2-4-22-5-3-15(14-22)13-21-19(23)12-20-9-16-6-17(10-20)8-18(7-16)11-20/h2,15-18H,1,3-14H2,(H,21,23)/t15-,16?,17?,18?,20?/m0/s1. The summed E-state index contributed by atoms with van der Waals surface area (Å²) < 4.78 is 0. The van der Waals surface area contributed by atoms with Crippen molar-refractivity contribution in [1.29, 1.82) is 0 Å². The fourth-order valence-corrected chi connectivity index (χ4v) is 6.60. The maximum absolute atomic E-state index is 12.6. The third-order valence-electron chi connectivity index (χ3n) is 7.05. The van der Waals surface area contributed by atoms with Gasteiger partial charge in [-0.2, -0.15) is 0 Å². The molecule has 5 rings (SSSR count). The molecule has 1 aliphatic heterocycles. The second kappa shape index (κ2) is 6.23. The summed E-state index contributed by atoms with van der Waals surface area (Å²) in [6, 6.07) is 0. The summed E-state index contributed by atoms with van der Waals surface area (Å²) in [6.45, 7) is 7.94. The molecule has 1 N–H and O–H groups in total. The summed E-state index contributed by atoms with van der Waals surface area (Å²) in [5.41, 5.74) is 0.378. The van der Waals surface area contributed by atoms with Crippen molar-refractivity contribution in [2.75, 3.05) is 26.2 Å². The molecule has 1 amide bonds. The van der Waals surface area contributed by atoms with Gasteiger partial charge in [0.25, 0.3) is 0 Å². The molecule has 0 radical (unpaired) electrons. The Bertz CT molecular complexity index is 437. The minimum Gasteiger partial charge on any atom is -0.356 e. The largest absolute Gasteiger partial charge is 0.356 e. The summed E-state index contributed by atoms with van der Waals surface area (Å²) in [5, 5.41) is 3.27. The first kappa shape index (κ1) is 15.7. The van der Waals surface area contributed by atoms with Gasteiger partial charge in [-0.15, -0.1) is 6.58 Å². The highest BCUT2D eigenvalue weighted by molar-refractivity contribution is 5.76. The van der Waals surface area contributed by atoms with Crippen molar-refractivity contribution in [2.24, 2.45) is 29.1 Å². The number of nitrogens with one attached hydrogen (secondary N) is 1.